The molecule has 0 fully saturated rings. The number of rotatable bonds is 1. The van der Waals surface area contributed by atoms with Crippen LogP contribution in [0.25, 0.3) is 0 Å². The highest BCUT2D eigenvalue weighted by atomic mass is 16.4. The van der Waals surface area contributed by atoms with Gasteiger partial charge in [0.2, 0.25) is 0 Å². The molecule has 0 aliphatic rings. The minimum Gasteiger partial charge on any atom is -0.872 e. The molecule has 0 radical (unpaired) electrons. The van der Waals surface area contributed by atoms with Gasteiger partial charge in [-0.1, -0.05) is 34.7 Å². The number of benzene rings is 1. The number of para-hydroxylation sites is 1. The van der Waals surface area contributed by atoms with Gasteiger partial charge in [0.25, 0.3) is 0 Å². The molecule has 0 aliphatic heterocycles. The Hall–Kier alpha value is -2.56. The van der Waals surface area contributed by atoms with Crippen LogP contribution in [0.4, 0.5) is 0 Å². The number of carboxylic acid groups (broad SMARTS) is 1. The maximum Gasteiger partial charge on any atom is 0.335 e. The minimum atomic E-state index is -1.18. The van der Waals surface area contributed by atoms with Gasteiger partial charge in [0.15, 0.2) is 12.4 Å². The largest absolute Gasteiger partial charge is 0.872 e. The van der Waals surface area contributed by atoms with Crippen molar-refractivity contribution in [2.75, 3.05) is 5.84 Å². The summed E-state index contributed by atoms with van der Waals surface area (Å²) in [6.07, 6.45) is 3.56. The third-order valence-corrected chi connectivity index (χ3v) is 1.86. The van der Waals surface area contributed by atoms with Crippen molar-refractivity contribution >= 4 is 5.97 Å². The highest BCUT2D eigenvalue weighted by molar-refractivity contribution is 5.90. The standard InChI is InChI=1S/C7H6O3.C5H7N2/c8-6-4-2-1-3-5(6)7(9)10;6-7-4-2-1-3-5-7/h1-4,8H,(H,9,10);1-5H,6H2/q;+1/p-1. The van der Waals surface area contributed by atoms with E-state index in [1.807, 2.05) is 18.2 Å². The van der Waals surface area contributed by atoms with Crippen LogP contribution in [0.5, 0.6) is 5.75 Å². The van der Waals surface area contributed by atoms with Crippen LogP contribution in [0.2, 0.25) is 0 Å². The highest BCUT2D eigenvalue weighted by Gasteiger charge is 1.99. The molecule has 3 N–H and O–H groups in total. The molecular weight excluding hydrogens is 220 g/mol. The molecule has 0 aliphatic carbocycles. The topological polar surface area (TPSA) is 90.3 Å². The van der Waals surface area contributed by atoms with Crippen molar-refractivity contribution in [2.24, 2.45) is 0 Å². The van der Waals surface area contributed by atoms with Crippen molar-refractivity contribution < 1.29 is 19.7 Å². The Morgan fingerprint density at radius 1 is 1.12 bits per heavy atom. The first-order valence-electron chi connectivity index (χ1n) is 4.82. The Bertz CT molecular complexity index is 486. The first-order valence-corrected chi connectivity index (χ1v) is 4.82. The second kappa shape index (κ2) is 6.12. The predicted molar refractivity (Wildman–Crippen MR) is 59.6 cm³/mol. The fourth-order valence-corrected chi connectivity index (χ4v) is 1.06. The van der Waals surface area contributed by atoms with E-state index in [4.69, 9.17) is 10.9 Å². The second-order valence-electron chi connectivity index (χ2n) is 3.12. The van der Waals surface area contributed by atoms with E-state index < -0.39 is 11.7 Å². The number of carbonyl (C=O) groups is 1. The molecule has 88 valence electrons. The summed E-state index contributed by atoms with van der Waals surface area (Å²) < 4.78 is 1.50. The van der Waals surface area contributed by atoms with Gasteiger partial charge in [0, 0.05) is 12.1 Å². The average molecular weight is 232 g/mol. The number of pyridine rings is 1. The van der Waals surface area contributed by atoms with Gasteiger partial charge in [-0.3, -0.25) is 0 Å². The lowest BCUT2D eigenvalue weighted by molar-refractivity contribution is -0.638. The Labute approximate surface area is 98.3 Å². The number of hydrogen-bond acceptors (Lipinski definition) is 3. The van der Waals surface area contributed by atoms with E-state index in [2.05, 4.69) is 0 Å². The molecule has 1 heterocycles. The van der Waals surface area contributed by atoms with Crippen LogP contribution in [0.3, 0.4) is 0 Å². The number of carboxylic acids is 1. The summed E-state index contributed by atoms with van der Waals surface area (Å²) in [6, 6.07) is 11.2. The third kappa shape index (κ3) is 4.21. The number of aromatic nitrogens is 1. The van der Waals surface area contributed by atoms with E-state index in [-0.39, 0.29) is 5.56 Å². The van der Waals surface area contributed by atoms with Gasteiger partial charge >= 0.3 is 5.97 Å². The molecule has 2 rings (SSSR count). The molecule has 1 aromatic heterocycles. The number of nitrogens with two attached hydrogens (primary N) is 1. The van der Waals surface area contributed by atoms with Gasteiger partial charge in [0.1, 0.15) is 0 Å². The van der Waals surface area contributed by atoms with E-state index >= 15 is 0 Å². The van der Waals surface area contributed by atoms with Crippen LogP contribution in [0, 0.1) is 0 Å². The van der Waals surface area contributed by atoms with Crippen LogP contribution in [0.1, 0.15) is 10.4 Å². The Morgan fingerprint density at radius 3 is 2.06 bits per heavy atom. The molecule has 0 spiro atoms. The number of nitrogen functional groups attached to an aromatic ring is 1. The zero-order valence-electron chi connectivity index (χ0n) is 8.98. The van der Waals surface area contributed by atoms with Crippen molar-refractivity contribution in [3.63, 3.8) is 0 Å². The third-order valence-electron chi connectivity index (χ3n) is 1.86. The second-order valence-corrected chi connectivity index (χ2v) is 3.12. The molecule has 2 aromatic rings. The van der Waals surface area contributed by atoms with Gasteiger partial charge in [-0.15, -0.1) is 0 Å². The molecular formula is C12H12N2O3. The van der Waals surface area contributed by atoms with E-state index in [1.165, 1.54) is 28.9 Å². The molecule has 0 unspecified atom stereocenters. The molecule has 0 amide bonds. The molecule has 5 nitrogen and oxygen atoms in total. The highest BCUT2D eigenvalue weighted by Crippen LogP contribution is 2.10. The number of hydrogen-bond donors (Lipinski definition) is 2. The monoisotopic (exact) mass is 232 g/mol. The fraction of sp³-hybridized carbons (Fsp3) is 0. The zero-order chi connectivity index (χ0) is 12.7. The average Bonchev–Trinajstić information content (AvgIpc) is 2.31. The molecule has 1 aromatic carbocycles. The molecule has 0 saturated heterocycles. The summed E-state index contributed by atoms with van der Waals surface area (Å²) in [5, 5.41) is 19.0. The van der Waals surface area contributed by atoms with E-state index in [1.54, 1.807) is 12.4 Å². The number of nitrogens with zero attached hydrogens (tertiary/aromatic N) is 1. The summed E-state index contributed by atoms with van der Waals surface area (Å²) >= 11 is 0. The smallest absolute Gasteiger partial charge is 0.335 e. The van der Waals surface area contributed by atoms with Gasteiger partial charge in [0.05, 0.1) is 5.56 Å². The van der Waals surface area contributed by atoms with E-state index in [9.17, 15) is 9.90 Å². The summed E-state index contributed by atoms with van der Waals surface area (Å²) in [5.41, 5.74) is -0.178. The first kappa shape index (κ1) is 12.5. The first-order chi connectivity index (χ1) is 8.11. The molecule has 0 atom stereocenters. The van der Waals surface area contributed by atoms with Crippen molar-refractivity contribution in [3.8, 4) is 5.75 Å². The molecule has 0 bridgehead atoms. The van der Waals surface area contributed by atoms with Crippen LogP contribution < -0.4 is 15.6 Å². The predicted octanol–water partition coefficient (Wildman–Crippen LogP) is 0.146. The van der Waals surface area contributed by atoms with Crippen LogP contribution in [-0.4, -0.2) is 11.1 Å². The summed E-state index contributed by atoms with van der Waals surface area (Å²) in [5.74, 6) is 3.65. The van der Waals surface area contributed by atoms with Crippen molar-refractivity contribution in [1.29, 1.82) is 0 Å². The van der Waals surface area contributed by atoms with Crippen molar-refractivity contribution in [2.45, 2.75) is 0 Å². The lowest BCUT2D eigenvalue weighted by Gasteiger charge is -2.07. The summed E-state index contributed by atoms with van der Waals surface area (Å²) in [4.78, 5) is 10.2. The molecule has 17 heavy (non-hydrogen) atoms. The molecule has 5 heteroatoms. The number of aromatic carboxylic acids is 1. The quantitative estimate of drug-likeness (QED) is 0.540. The minimum absolute atomic E-state index is 0.178. The van der Waals surface area contributed by atoms with Crippen molar-refractivity contribution in [1.82, 2.24) is 0 Å². The van der Waals surface area contributed by atoms with E-state index in [0.717, 1.165) is 0 Å². The fourth-order valence-electron chi connectivity index (χ4n) is 1.06. The Kier molecular flexibility index (Phi) is 4.50. The van der Waals surface area contributed by atoms with Crippen LogP contribution in [0.15, 0.2) is 54.9 Å². The summed E-state index contributed by atoms with van der Waals surface area (Å²) in [7, 11) is 0. The maximum absolute atomic E-state index is 10.7. The SMILES string of the molecule is N[n+]1ccccc1.O=C(O)c1ccccc1[O-]. The van der Waals surface area contributed by atoms with Gasteiger partial charge < -0.3 is 10.2 Å². The van der Waals surface area contributed by atoms with Gasteiger partial charge in [-0.05, 0) is 6.07 Å². The van der Waals surface area contributed by atoms with Gasteiger partial charge in [-0.25, -0.2) is 10.6 Å². The van der Waals surface area contributed by atoms with E-state index in [0.29, 0.717) is 0 Å². The molecule has 0 saturated carbocycles. The van der Waals surface area contributed by atoms with Crippen LogP contribution >= 0.6 is 0 Å². The maximum atomic E-state index is 10.7. The zero-order valence-corrected chi connectivity index (χ0v) is 8.98. The van der Waals surface area contributed by atoms with Gasteiger partial charge in [-0.2, -0.15) is 0 Å². The Balaban J connectivity index is 0.000000181. The normalized spacial score (nSPS) is 8.94. The lowest BCUT2D eigenvalue weighted by atomic mass is 10.2. The van der Waals surface area contributed by atoms with Crippen molar-refractivity contribution in [3.05, 3.63) is 60.4 Å². The van der Waals surface area contributed by atoms with Crippen LogP contribution in [-0.2, 0) is 0 Å². The summed E-state index contributed by atoms with van der Waals surface area (Å²) in [6.45, 7) is 0. The lowest BCUT2D eigenvalue weighted by Crippen LogP contribution is -2.42. The Morgan fingerprint density at radius 2 is 1.71 bits per heavy atom.